The summed E-state index contributed by atoms with van der Waals surface area (Å²) in [6.07, 6.45) is 3.96. The minimum Gasteiger partial charge on any atom is -0.366 e. The Bertz CT molecular complexity index is 181. The first-order chi connectivity index (χ1) is 4.30. The topological polar surface area (TPSA) is 55.5 Å². The maximum absolute atomic E-state index is 10.4. The number of nitrogens with zero attached hydrogens (tertiary/aromatic N) is 1. The predicted octanol–water partition coefficient (Wildman–Crippen LogP) is -0.127. The Labute approximate surface area is 53.3 Å². The van der Waals surface area contributed by atoms with Gasteiger partial charge in [-0.25, -0.2) is 0 Å². The second kappa shape index (κ2) is 2.44. The van der Waals surface area contributed by atoms with E-state index in [1.807, 2.05) is 0 Å². The highest BCUT2D eigenvalue weighted by atomic mass is 16.1. The molecule has 0 atom stereocenters. The van der Waals surface area contributed by atoms with E-state index >= 15 is 0 Å². The van der Waals surface area contributed by atoms with E-state index in [4.69, 9.17) is 5.73 Å². The Morgan fingerprint density at radius 1 is 1.78 bits per heavy atom. The van der Waals surface area contributed by atoms with Crippen LogP contribution in [0.3, 0.4) is 0 Å². The monoisotopic (exact) mass is 124 g/mol. The molecular weight excluding hydrogens is 116 g/mol. The molecule has 0 saturated heterocycles. The zero-order valence-corrected chi connectivity index (χ0v) is 5.00. The number of amides is 1. The van der Waals surface area contributed by atoms with Crippen LogP contribution in [-0.2, 0) is 4.79 Å². The lowest BCUT2D eigenvalue weighted by Crippen LogP contribution is -2.16. The molecule has 0 unspecified atom stereocenters. The molecule has 3 nitrogen and oxygen atoms in total. The minimum atomic E-state index is -0.332. The van der Waals surface area contributed by atoms with Gasteiger partial charge in [-0.15, -0.1) is 0 Å². The zero-order chi connectivity index (χ0) is 6.69. The Kier molecular flexibility index (Phi) is 1.63. The fraction of sp³-hybridized carbons (Fsp3) is 0.333. The van der Waals surface area contributed by atoms with Crippen LogP contribution in [0.4, 0.5) is 0 Å². The molecule has 1 rings (SSSR count). The Hall–Kier alpha value is -1.12. The van der Waals surface area contributed by atoms with Crippen molar-refractivity contribution in [2.45, 2.75) is 6.42 Å². The number of rotatable bonds is 1. The van der Waals surface area contributed by atoms with Gasteiger partial charge < -0.3 is 5.73 Å². The van der Waals surface area contributed by atoms with E-state index in [0.717, 1.165) is 0 Å². The van der Waals surface area contributed by atoms with E-state index in [-0.39, 0.29) is 5.91 Å². The van der Waals surface area contributed by atoms with Gasteiger partial charge in [-0.1, -0.05) is 0 Å². The molecular formula is C6H8N2O. The number of dihydropyridines is 1. The van der Waals surface area contributed by atoms with Gasteiger partial charge in [0.05, 0.1) is 0 Å². The van der Waals surface area contributed by atoms with E-state index in [9.17, 15) is 4.79 Å². The molecule has 48 valence electrons. The summed E-state index contributed by atoms with van der Waals surface area (Å²) >= 11 is 0. The fourth-order valence-electron chi connectivity index (χ4n) is 0.691. The molecule has 1 heterocycles. The van der Waals surface area contributed by atoms with Gasteiger partial charge in [-0.05, 0) is 12.5 Å². The Morgan fingerprint density at radius 2 is 2.56 bits per heavy atom. The van der Waals surface area contributed by atoms with Crippen LogP contribution in [0, 0.1) is 0 Å². The molecule has 1 amide bonds. The average Bonchev–Trinajstić information content (AvgIpc) is 1.90. The average molecular weight is 124 g/mol. The Morgan fingerprint density at radius 3 is 2.89 bits per heavy atom. The van der Waals surface area contributed by atoms with Crippen LogP contribution in [0.5, 0.6) is 0 Å². The van der Waals surface area contributed by atoms with Crippen molar-refractivity contribution in [2.75, 3.05) is 6.54 Å². The van der Waals surface area contributed by atoms with E-state index < -0.39 is 0 Å². The minimum absolute atomic E-state index is 0.332. The van der Waals surface area contributed by atoms with Crippen molar-refractivity contribution in [3.8, 4) is 0 Å². The zero-order valence-electron chi connectivity index (χ0n) is 5.00. The summed E-state index contributed by atoms with van der Waals surface area (Å²) in [5.41, 5.74) is 5.67. The number of nitrogens with two attached hydrogens (primary N) is 1. The second-order valence-electron chi connectivity index (χ2n) is 1.86. The largest absolute Gasteiger partial charge is 0.366 e. The fourth-order valence-corrected chi connectivity index (χ4v) is 0.691. The van der Waals surface area contributed by atoms with Crippen molar-refractivity contribution < 1.29 is 4.79 Å². The number of aliphatic imine (C=N–C) groups is 1. The maximum Gasteiger partial charge on any atom is 0.244 e. The van der Waals surface area contributed by atoms with E-state index in [1.165, 1.54) is 0 Å². The molecule has 0 saturated carbocycles. The molecule has 0 spiro atoms. The quantitative estimate of drug-likeness (QED) is 0.520. The Balaban J connectivity index is 2.68. The van der Waals surface area contributed by atoms with Crippen LogP contribution in [-0.4, -0.2) is 18.7 Å². The lowest BCUT2D eigenvalue weighted by Gasteiger charge is -2.01. The van der Waals surface area contributed by atoms with Gasteiger partial charge in [0, 0.05) is 18.3 Å². The van der Waals surface area contributed by atoms with Crippen molar-refractivity contribution in [1.29, 1.82) is 0 Å². The highest BCUT2D eigenvalue weighted by molar-refractivity contribution is 5.96. The van der Waals surface area contributed by atoms with Crippen LogP contribution in [0.15, 0.2) is 16.6 Å². The third-order valence-corrected chi connectivity index (χ3v) is 1.21. The number of allylic oxidation sites excluding steroid dienone is 1. The number of primary amides is 1. The first-order valence-corrected chi connectivity index (χ1v) is 2.79. The first-order valence-electron chi connectivity index (χ1n) is 2.79. The third-order valence-electron chi connectivity index (χ3n) is 1.21. The molecule has 0 aliphatic carbocycles. The molecule has 0 aromatic carbocycles. The van der Waals surface area contributed by atoms with Gasteiger partial charge in [-0.3, -0.25) is 9.79 Å². The second-order valence-corrected chi connectivity index (χ2v) is 1.86. The van der Waals surface area contributed by atoms with E-state index in [1.54, 1.807) is 12.3 Å². The number of carbonyl (C=O) groups is 1. The van der Waals surface area contributed by atoms with Crippen LogP contribution in [0.1, 0.15) is 6.42 Å². The summed E-state index contributed by atoms with van der Waals surface area (Å²) in [6.45, 7) is 0.689. The van der Waals surface area contributed by atoms with Crippen LogP contribution < -0.4 is 5.73 Å². The summed E-state index contributed by atoms with van der Waals surface area (Å²) in [5.74, 6) is -0.332. The highest BCUT2D eigenvalue weighted by Crippen LogP contribution is 2.02. The van der Waals surface area contributed by atoms with E-state index in [0.29, 0.717) is 18.5 Å². The van der Waals surface area contributed by atoms with Gasteiger partial charge in [0.15, 0.2) is 0 Å². The molecule has 0 fully saturated rings. The number of carbonyl (C=O) groups excluding carboxylic acids is 1. The van der Waals surface area contributed by atoms with Crippen molar-refractivity contribution in [1.82, 2.24) is 0 Å². The summed E-state index contributed by atoms with van der Waals surface area (Å²) in [7, 11) is 0. The van der Waals surface area contributed by atoms with Gasteiger partial charge in [0.1, 0.15) is 0 Å². The summed E-state index contributed by atoms with van der Waals surface area (Å²) in [6, 6.07) is 0. The number of hydrogen-bond donors (Lipinski definition) is 1. The van der Waals surface area contributed by atoms with Gasteiger partial charge >= 0.3 is 0 Å². The summed E-state index contributed by atoms with van der Waals surface area (Å²) in [4.78, 5) is 14.3. The van der Waals surface area contributed by atoms with Crippen LogP contribution >= 0.6 is 0 Å². The smallest absolute Gasteiger partial charge is 0.244 e. The summed E-state index contributed by atoms with van der Waals surface area (Å²) < 4.78 is 0. The van der Waals surface area contributed by atoms with Crippen molar-refractivity contribution in [2.24, 2.45) is 10.7 Å². The normalized spacial score (nSPS) is 17.1. The predicted molar refractivity (Wildman–Crippen MR) is 35.3 cm³/mol. The van der Waals surface area contributed by atoms with Crippen molar-refractivity contribution in [3.05, 3.63) is 11.6 Å². The number of hydrogen-bond acceptors (Lipinski definition) is 2. The van der Waals surface area contributed by atoms with Gasteiger partial charge in [-0.2, -0.15) is 0 Å². The third kappa shape index (κ3) is 1.38. The molecule has 0 aromatic heterocycles. The van der Waals surface area contributed by atoms with Gasteiger partial charge in [0.25, 0.3) is 0 Å². The maximum atomic E-state index is 10.4. The molecule has 2 N–H and O–H groups in total. The lowest BCUT2D eigenvalue weighted by molar-refractivity contribution is -0.114. The van der Waals surface area contributed by atoms with Crippen LogP contribution in [0.25, 0.3) is 0 Å². The SMILES string of the molecule is NC(=O)C1=CC=NCC1. The molecule has 0 bridgehead atoms. The van der Waals surface area contributed by atoms with E-state index in [2.05, 4.69) is 4.99 Å². The lowest BCUT2D eigenvalue weighted by atomic mass is 10.1. The first kappa shape index (κ1) is 6.01. The molecule has 3 heteroatoms. The highest BCUT2D eigenvalue weighted by Gasteiger charge is 2.04. The molecule has 0 radical (unpaired) electrons. The molecule has 1 aliphatic rings. The van der Waals surface area contributed by atoms with Gasteiger partial charge in [0.2, 0.25) is 5.91 Å². The van der Waals surface area contributed by atoms with Crippen molar-refractivity contribution in [3.63, 3.8) is 0 Å². The van der Waals surface area contributed by atoms with Crippen LogP contribution in [0.2, 0.25) is 0 Å². The van der Waals surface area contributed by atoms with Crippen molar-refractivity contribution >= 4 is 12.1 Å². The standard InChI is InChI=1S/C6H8N2O/c7-6(9)5-1-3-8-4-2-5/h1,3H,2,4H2,(H2,7,9). The molecule has 0 aromatic rings. The summed E-state index contributed by atoms with van der Waals surface area (Å²) in [5, 5.41) is 0. The molecule has 9 heavy (non-hydrogen) atoms. The molecule has 1 aliphatic heterocycles.